The minimum absolute atomic E-state index is 0.786. The Hall–Kier alpha value is -0.120. The summed E-state index contributed by atoms with van der Waals surface area (Å²) in [6, 6.07) is 0.786. The maximum absolute atomic E-state index is 3.41. The molecular formula is C12H25N3. The van der Waals surface area contributed by atoms with Gasteiger partial charge in [0.15, 0.2) is 0 Å². The molecule has 2 saturated heterocycles. The van der Waals surface area contributed by atoms with Crippen molar-refractivity contribution in [1.29, 1.82) is 0 Å². The fourth-order valence-corrected chi connectivity index (χ4v) is 3.27. The Kier molecular flexibility index (Phi) is 3.65. The van der Waals surface area contributed by atoms with E-state index in [0.717, 1.165) is 17.9 Å². The van der Waals surface area contributed by atoms with E-state index in [-0.39, 0.29) is 0 Å². The largest absolute Gasteiger partial charge is 0.316 e. The molecule has 3 heteroatoms. The van der Waals surface area contributed by atoms with Gasteiger partial charge in [0, 0.05) is 25.7 Å². The maximum Gasteiger partial charge on any atom is 0.0182 e. The molecule has 0 saturated carbocycles. The number of hydrogen-bond acceptors (Lipinski definition) is 3. The van der Waals surface area contributed by atoms with Gasteiger partial charge in [-0.2, -0.15) is 0 Å². The Balaban J connectivity index is 1.96. The lowest BCUT2D eigenvalue weighted by atomic mass is 9.80. The molecule has 2 heterocycles. The van der Waals surface area contributed by atoms with Gasteiger partial charge in [0.05, 0.1) is 0 Å². The number of rotatable bonds is 3. The zero-order chi connectivity index (χ0) is 10.8. The maximum atomic E-state index is 3.41. The number of nitrogens with one attached hydrogen (secondary N) is 1. The van der Waals surface area contributed by atoms with Crippen LogP contribution in [0.3, 0.4) is 0 Å². The standard InChI is InChI=1S/C12H25N3/c1-14(2)12(11-7-13-8-11)10-5-4-6-15(3)9-10/h10-13H,4-9H2,1-3H3. The summed E-state index contributed by atoms with van der Waals surface area (Å²) in [5.74, 6) is 1.77. The fraction of sp³-hybridized carbons (Fsp3) is 1.00. The van der Waals surface area contributed by atoms with Crippen LogP contribution < -0.4 is 5.32 Å². The highest BCUT2D eigenvalue weighted by Crippen LogP contribution is 2.28. The second-order valence-corrected chi connectivity index (χ2v) is 5.54. The Morgan fingerprint density at radius 1 is 1.27 bits per heavy atom. The smallest absolute Gasteiger partial charge is 0.0182 e. The first kappa shape index (κ1) is 11.4. The minimum atomic E-state index is 0.786. The molecule has 2 fully saturated rings. The summed E-state index contributed by atoms with van der Waals surface area (Å²) in [6.07, 6.45) is 2.80. The van der Waals surface area contributed by atoms with Crippen molar-refractivity contribution in [2.75, 3.05) is 47.3 Å². The van der Waals surface area contributed by atoms with E-state index in [1.165, 1.54) is 39.0 Å². The van der Waals surface area contributed by atoms with Crippen molar-refractivity contribution in [3.05, 3.63) is 0 Å². The molecule has 2 atom stereocenters. The molecule has 2 aliphatic heterocycles. The summed E-state index contributed by atoms with van der Waals surface area (Å²) >= 11 is 0. The minimum Gasteiger partial charge on any atom is -0.316 e. The molecule has 0 bridgehead atoms. The predicted octanol–water partition coefficient (Wildman–Crippen LogP) is 0.478. The van der Waals surface area contributed by atoms with E-state index in [0.29, 0.717) is 0 Å². The highest BCUT2D eigenvalue weighted by Gasteiger charge is 2.35. The van der Waals surface area contributed by atoms with Crippen LogP contribution in [0.15, 0.2) is 0 Å². The first-order valence-corrected chi connectivity index (χ1v) is 6.24. The third-order valence-electron chi connectivity index (χ3n) is 4.04. The Bertz CT molecular complexity index is 201. The molecule has 0 aromatic carbocycles. The van der Waals surface area contributed by atoms with Crippen LogP contribution >= 0.6 is 0 Å². The van der Waals surface area contributed by atoms with E-state index in [4.69, 9.17) is 0 Å². The average molecular weight is 211 g/mol. The van der Waals surface area contributed by atoms with Crippen LogP contribution in [-0.4, -0.2) is 63.2 Å². The van der Waals surface area contributed by atoms with Crippen LogP contribution in [0.4, 0.5) is 0 Å². The van der Waals surface area contributed by atoms with E-state index < -0.39 is 0 Å². The molecule has 0 aromatic heterocycles. The molecule has 1 N–H and O–H groups in total. The summed E-state index contributed by atoms with van der Waals surface area (Å²) in [5, 5.41) is 3.41. The van der Waals surface area contributed by atoms with Gasteiger partial charge in [0.1, 0.15) is 0 Å². The summed E-state index contributed by atoms with van der Waals surface area (Å²) in [7, 11) is 6.76. The van der Waals surface area contributed by atoms with Crippen LogP contribution in [-0.2, 0) is 0 Å². The molecule has 2 rings (SSSR count). The molecule has 0 amide bonds. The zero-order valence-electron chi connectivity index (χ0n) is 10.4. The third-order valence-corrected chi connectivity index (χ3v) is 4.04. The van der Waals surface area contributed by atoms with E-state index in [1.54, 1.807) is 0 Å². The van der Waals surface area contributed by atoms with Gasteiger partial charge < -0.3 is 15.1 Å². The van der Waals surface area contributed by atoms with E-state index >= 15 is 0 Å². The van der Waals surface area contributed by atoms with Crippen molar-refractivity contribution < 1.29 is 0 Å². The van der Waals surface area contributed by atoms with Gasteiger partial charge >= 0.3 is 0 Å². The number of piperidine rings is 1. The lowest BCUT2D eigenvalue weighted by Gasteiger charge is -2.45. The van der Waals surface area contributed by atoms with E-state index in [1.807, 2.05) is 0 Å². The van der Waals surface area contributed by atoms with Gasteiger partial charge in [-0.25, -0.2) is 0 Å². The normalized spacial score (nSPS) is 31.6. The molecule has 0 aliphatic carbocycles. The second kappa shape index (κ2) is 4.81. The molecule has 15 heavy (non-hydrogen) atoms. The predicted molar refractivity (Wildman–Crippen MR) is 64.1 cm³/mol. The van der Waals surface area contributed by atoms with Crippen molar-refractivity contribution in [2.24, 2.45) is 11.8 Å². The van der Waals surface area contributed by atoms with Crippen molar-refractivity contribution in [3.63, 3.8) is 0 Å². The molecule has 3 nitrogen and oxygen atoms in total. The Morgan fingerprint density at radius 2 is 2.00 bits per heavy atom. The van der Waals surface area contributed by atoms with Gasteiger partial charge in [-0.15, -0.1) is 0 Å². The average Bonchev–Trinajstić information content (AvgIpc) is 2.10. The summed E-state index contributed by atoms with van der Waals surface area (Å²) < 4.78 is 0. The van der Waals surface area contributed by atoms with Crippen LogP contribution in [0.2, 0.25) is 0 Å². The molecule has 0 radical (unpaired) electrons. The van der Waals surface area contributed by atoms with Crippen LogP contribution in [0.1, 0.15) is 12.8 Å². The topological polar surface area (TPSA) is 18.5 Å². The monoisotopic (exact) mass is 211 g/mol. The SMILES string of the molecule is CN1CCCC(C(C2CNC2)N(C)C)C1. The van der Waals surface area contributed by atoms with Crippen molar-refractivity contribution >= 4 is 0 Å². The molecule has 0 spiro atoms. The summed E-state index contributed by atoms with van der Waals surface area (Å²) in [6.45, 7) is 5.03. The zero-order valence-corrected chi connectivity index (χ0v) is 10.4. The highest BCUT2D eigenvalue weighted by molar-refractivity contribution is 4.92. The first-order chi connectivity index (χ1) is 7.18. The molecule has 0 aromatic rings. The van der Waals surface area contributed by atoms with Crippen LogP contribution in [0.25, 0.3) is 0 Å². The van der Waals surface area contributed by atoms with Gasteiger partial charge in [0.2, 0.25) is 0 Å². The Morgan fingerprint density at radius 3 is 2.47 bits per heavy atom. The van der Waals surface area contributed by atoms with Crippen molar-refractivity contribution in [3.8, 4) is 0 Å². The van der Waals surface area contributed by atoms with Crippen molar-refractivity contribution in [1.82, 2.24) is 15.1 Å². The Labute approximate surface area is 93.8 Å². The summed E-state index contributed by atoms with van der Waals surface area (Å²) in [4.78, 5) is 4.95. The lowest BCUT2D eigenvalue weighted by molar-refractivity contribution is 0.0616. The van der Waals surface area contributed by atoms with E-state index in [2.05, 4.69) is 36.3 Å². The fourth-order valence-electron chi connectivity index (χ4n) is 3.27. The summed E-state index contributed by atoms with van der Waals surface area (Å²) in [5.41, 5.74) is 0. The van der Waals surface area contributed by atoms with Gasteiger partial charge in [-0.3, -0.25) is 0 Å². The van der Waals surface area contributed by atoms with Gasteiger partial charge in [-0.1, -0.05) is 0 Å². The third kappa shape index (κ3) is 2.52. The molecule has 2 unspecified atom stereocenters. The quantitative estimate of drug-likeness (QED) is 0.732. The van der Waals surface area contributed by atoms with Gasteiger partial charge in [-0.05, 0) is 52.4 Å². The van der Waals surface area contributed by atoms with Crippen LogP contribution in [0, 0.1) is 11.8 Å². The van der Waals surface area contributed by atoms with Crippen LogP contribution in [0.5, 0.6) is 0 Å². The number of nitrogens with zero attached hydrogens (tertiary/aromatic N) is 2. The number of hydrogen-bond donors (Lipinski definition) is 1. The first-order valence-electron chi connectivity index (χ1n) is 6.24. The molecule has 88 valence electrons. The molecule has 2 aliphatic rings. The highest BCUT2D eigenvalue weighted by atomic mass is 15.2. The second-order valence-electron chi connectivity index (χ2n) is 5.54. The van der Waals surface area contributed by atoms with E-state index in [9.17, 15) is 0 Å². The lowest BCUT2D eigenvalue weighted by Crippen LogP contribution is -2.57. The number of likely N-dealkylation sites (tertiary alicyclic amines) is 1. The molecular weight excluding hydrogens is 186 g/mol. The van der Waals surface area contributed by atoms with Gasteiger partial charge in [0.25, 0.3) is 0 Å². The van der Waals surface area contributed by atoms with Crippen molar-refractivity contribution in [2.45, 2.75) is 18.9 Å².